The van der Waals surface area contributed by atoms with Crippen molar-refractivity contribution in [2.24, 2.45) is 5.92 Å². The maximum atomic E-state index is 13.4. The molecule has 0 unspecified atom stereocenters. The van der Waals surface area contributed by atoms with Crippen molar-refractivity contribution < 1.29 is 32.6 Å². The highest BCUT2D eigenvalue weighted by atomic mass is 32.2. The Morgan fingerprint density at radius 3 is 2.42 bits per heavy atom. The van der Waals surface area contributed by atoms with Gasteiger partial charge in [-0.15, -0.1) is 0 Å². The summed E-state index contributed by atoms with van der Waals surface area (Å²) in [5.74, 6) is 0.573. The minimum Gasteiger partial charge on any atom is -0.495 e. The van der Waals surface area contributed by atoms with Crippen LogP contribution in [0.25, 0.3) is 11.1 Å². The first-order valence-electron chi connectivity index (χ1n) is 11.8. The van der Waals surface area contributed by atoms with Crippen molar-refractivity contribution in [2.75, 3.05) is 47.6 Å². The Hall–Kier alpha value is -3.31. The SMILES string of the molecule is COc1ccc(-c2ccc3c(c2)N(C(=O)O)C[C@H](C)N3C(=O)CC2CCOCC2)cc1NS(C)(=O)=O. The Labute approximate surface area is 210 Å². The zero-order valence-electron chi connectivity index (χ0n) is 20.6. The molecule has 194 valence electrons. The molecule has 2 heterocycles. The van der Waals surface area contributed by atoms with E-state index < -0.39 is 16.1 Å². The van der Waals surface area contributed by atoms with Crippen LogP contribution in [0.1, 0.15) is 26.2 Å². The first-order valence-corrected chi connectivity index (χ1v) is 13.7. The molecule has 0 aliphatic carbocycles. The van der Waals surface area contributed by atoms with Gasteiger partial charge in [-0.05, 0) is 61.1 Å². The van der Waals surface area contributed by atoms with E-state index in [0.29, 0.717) is 47.9 Å². The van der Waals surface area contributed by atoms with Crippen LogP contribution < -0.4 is 19.3 Å². The lowest BCUT2D eigenvalue weighted by Crippen LogP contribution is -2.52. The summed E-state index contributed by atoms with van der Waals surface area (Å²) in [6.07, 6.45) is 2.01. The average Bonchev–Trinajstić information content (AvgIpc) is 2.82. The first kappa shape index (κ1) is 25.8. The number of nitrogens with zero attached hydrogens (tertiary/aromatic N) is 2. The van der Waals surface area contributed by atoms with E-state index in [1.165, 1.54) is 12.0 Å². The summed E-state index contributed by atoms with van der Waals surface area (Å²) in [4.78, 5) is 28.4. The van der Waals surface area contributed by atoms with Gasteiger partial charge >= 0.3 is 6.09 Å². The number of nitrogens with one attached hydrogen (secondary N) is 1. The Morgan fingerprint density at radius 1 is 1.11 bits per heavy atom. The molecule has 2 N–H and O–H groups in total. The summed E-state index contributed by atoms with van der Waals surface area (Å²) in [5, 5.41) is 9.91. The maximum absolute atomic E-state index is 13.4. The summed E-state index contributed by atoms with van der Waals surface area (Å²) < 4.78 is 36.8. The molecule has 1 fully saturated rings. The van der Waals surface area contributed by atoms with E-state index in [0.717, 1.165) is 19.1 Å². The number of hydrogen-bond acceptors (Lipinski definition) is 6. The molecule has 2 aromatic rings. The normalized spacial score (nSPS) is 18.5. The van der Waals surface area contributed by atoms with Crippen molar-refractivity contribution in [3.8, 4) is 16.9 Å². The van der Waals surface area contributed by atoms with E-state index in [4.69, 9.17) is 9.47 Å². The average molecular weight is 518 g/mol. The number of carboxylic acid groups (broad SMARTS) is 1. The van der Waals surface area contributed by atoms with Gasteiger partial charge < -0.3 is 19.5 Å². The van der Waals surface area contributed by atoms with Crippen LogP contribution in [0, 0.1) is 5.92 Å². The highest BCUT2D eigenvalue weighted by Gasteiger charge is 2.36. The molecule has 0 aromatic heterocycles. The number of fused-ring (bicyclic) bond motifs is 1. The smallest absolute Gasteiger partial charge is 0.411 e. The molecular formula is C25H31N3O7S. The zero-order valence-corrected chi connectivity index (χ0v) is 21.4. The standard InChI is InChI=1S/C25H31N3O7S/c1-16-15-27(25(30)31)22-14-19(18-5-7-23(34-2)20(13-18)26-36(3,32)33)4-6-21(22)28(16)24(29)12-17-8-10-35-11-9-17/h4-7,13-14,16-17,26H,8-12,15H2,1-3H3,(H,30,31)/t16-/m0/s1. The van der Waals surface area contributed by atoms with Gasteiger partial charge in [-0.25, -0.2) is 13.2 Å². The van der Waals surface area contributed by atoms with Crippen LogP contribution in [0.3, 0.4) is 0 Å². The largest absolute Gasteiger partial charge is 0.495 e. The van der Waals surface area contributed by atoms with Crippen LogP contribution >= 0.6 is 0 Å². The number of anilines is 3. The van der Waals surface area contributed by atoms with Gasteiger partial charge in [0.2, 0.25) is 15.9 Å². The number of rotatable bonds is 6. The number of carbonyl (C=O) groups is 2. The van der Waals surface area contributed by atoms with E-state index >= 15 is 0 Å². The van der Waals surface area contributed by atoms with Gasteiger partial charge in [-0.1, -0.05) is 12.1 Å². The topological polar surface area (TPSA) is 125 Å². The Kier molecular flexibility index (Phi) is 7.41. The van der Waals surface area contributed by atoms with Crippen LogP contribution in [0.15, 0.2) is 36.4 Å². The van der Waals surface area contributed by atoms with Crippen LogP contribution in [0.4, 0.5) is 21.9 Å². The molecule has 1 saturated heterocycles. The predicted molar refractivity (Wildman–Crippen MR) is 137 cm³/mol. The monoisotopic (exact) mass is 517 g/mol. The van der Waals surface area contributed by atoms with E-state index in [1.807, 2.05) is 6.92 Å². The number of amides is 2. The van der Waals surface area contributed by atoms with E-state index in [-0.39, 0.29) is 30.1 Å². The van der Waals surface area contributed by atoms with Gasteiger partial charge in [0.1, 0.15) is 5.75 Å². The van der Waals surface area contributed by atoms with Gasteiger partial charge in [0.15, 0.2) is 0 Å². The van der Waals surface area contributed by atoms with Gasteiger partial charge in [-0.3, -0.25) is 14.4 Å². The van der Waals surface area contributed by atoms with Crippen molar-refractivity contribution in [1.29, 1.82) is 0 Å². The molecule has 0 spiro atoms. The molecule has 0 saturated carbocycles. The third kappa shape index (κ3) is 5.57. The second-order valence-electron chi connectivity index (χ2n) is 9.26. The van der Waals surface area contributed by atoms with E-state index in [1.54, 1.807) is 41.3 Å². The number of ether oxygens (including phenoxy) is 2. The molecule has 4 rings (SSSR count). The van der Waals surface area contributed by atoms with Crippen molar-refractivity contribution in [3.05, 3.63) is 36.4 Å². The molecule has 0 bridgehead atoms. The highest BCUT2D eigenvalue weighted by Crippen LogP contribution is 2.41. The van der Waals surface area contributed by atoms with Crippen molar-refractivity contribution in [2.45, 2.75) is 32.2 Å². The molecule has 10 nitrogen and oxygen atoms in total. The molecule has 36 heavy (non-hydrogen) atoms. The Bertz CT molecular complexity index is 1260. The van der Waals surface area contributed by atoms with Crippen molar-refractivity contribution in [1.82, 2.24) is 0 Å². The lowest BCUT2D eigenvalue weighted by atomic mass is 9.94. The van der Waals surface area contributed by atoms with E-state index in [9.17, 15) is 23.1 Å². The summed E-state index contributed by atoms with van der Waals surface area (Å²) >= 11 is 0. The lowest BCUT2D eigenvalue weighted by Gasteiger charge is -2.41. The third-order valence-electron chi connectivity index (χ3n) is 6.55. The molecular weight excluding hydrogens is 486 g/mol. The summed E-state index contributed by atoms with van der Waals surface area (Å²) in [6.45, 7) is 3.30. The van der Waals surface area contributed by atoms with E-state index in [2.05, 4.69) is 4.72 Å². The fraction of sp³-hybridized carbons (Fsp3) is 0.440. The van der Waals surface area contributed by atoms with Gasteiger partial charge in [0.25, 0.3) is 0 Å². The van der Waals surface area contributed by atoms with Crippen molar-refractivity contribution in [3.63, 3.8) is 0 Å². The Balaban J connectivity index is 1.72. The van der Waals surface area contributed by atoms with Crippen LogP contribution in [-0.2, 0) is 19.6 Å². The summed E-state index contributed by atoms with van der Waals surface area (Å²) in [7, 11) is -2.10. The summed E-state index contributed by atoms with van der Waals surface area (Å²) in [6, 6.07) is 9.99. The molecule has 2 aliphatic rings. The van der Waals surface area contributed by atoms with Crippen LogP contribution in [0.2, 0.25) is 0 Å². The molecule has 0 radical (unpaired) electrons. The van der Waals surface area contributed by atoms with Gasteiger partial charge in [-0.2, -0.15) is 0 Å². The number of benzene rings is 2. The third-order valence-corrected chi connectivity index (χ3v) is 7.14. The molecule has 2 aliphatic heterocycles. The second-order valence-corrected chi connectivity index (χ2v) is 11.0. The van der Waals surface area contributed by atoms with Crippen LogP contribution in [0.5, 0.6) is 5.75 Å². The fourth-order valence-corrected chi connectivity index (χ4v) is 5.39. The minimum atomic E-state index is -3.55. The van der Waals surface area contributed by atoms with Gasteiger partial charge in [0, 0.05) is 26.2 Å². The molecule has 11 heteroatoms. The Morgan fingerprint density at radius 2 is 1.78 bits per heavy atom. The number of sulfonamides is 1. The number of hydrogen-bond donors (Lipinski definition) is 2. The fourth-order valence-electron chi connectivity index (χ4n) is 4.83. The van der Waals surface area contributed by atoms with Crippen LogP contribution in [-0.4, -0.2) is 64.7 Å². The second kappa shape index (κ2) is 10.4. The molecule has 1 atom stereocenters. The minimum absolute atomic E-state index is 0.0301. The first-order chi connectivity index (χ1) is 17.1. The number of methoxy groups -OCH3 is 1. The van der Waals surface area contributed by atoms with Crippen molar-refractivity contribution >= 4 is 39.1 Å². The summed E-state index contributed by atoms with van der Waals surface area (Å²) in [5.41, 5.74) is 2.55. The van der Waals surface area contributed by atoms with Gasteiger partial charge in [0.05, 0.1) is 36.5 Å². The number of carbonyl (C=O) groups excluding carboxylic acids is 1. The predicted octanol–water partition coefficient (Wildman–Crippen LogP) is 3.77. The molecule has 2 amide bonds. The lowest BCUT2D eigenvalue weighted by molar-refractivity contribution is -0.120. The zero-order chi connectivity index (χ0) is 26.0. The molecule has 2 aromatic carbocycles. The quantitative estimate of drug-likeness (QED) is 0.597. The highest BCUT2D eigenvalue weighted by molar-refractivity contribution is 7.92. The maximum Gasteiger partial charge on any atom is 0.411 e.